The third kappa shape index (κ3) is 25.2. The van der Waals surface area contributed by atoms with Gasteiger partial charge in [-0.2, -0.15) is 0 Å². The highest BCUT2D eigenvalue weighted by atomic mass is 16.7. The Labute approximate surface area is 396 Å². The average Bonchev–Trinajstić information content (AvgIpc) is 3.31. The third-order valence-corrected chi connectivity index (χ3v) is 11.9. The van der Waals surface area contributed by atoms with Crippen LogP contribution in [0.1, 0.15) is 155 Å². The molecule has 0 radical (unpaired) electrons. The minimum absolute atomic E-state index is 0.230. The van der Waals surface area contributed by atoms with Gasteiger partial charge in [-0.05, 0) is 64.2 Å². The van der Waals surface area contributed by atoms with Crippen LogP contribution in [0.2, 0.25) is 0 Å². The van der Waals surface area contributed by atoms with E-state index in [1.54, 1.807) is 0 Å². The molecule has 2 aliphatic rings. The second-order valence-corrected chi connectivity index (χ2v) is 17.6. The van der Waals surface area contributed by atoms with Gasteiger partial charge in [-0.1, -0.05) is 157 Å². The molecule has 0 aromatic heterocycles. The fourth-order valence-electron chi connectivity index (χ4n) is 7.83. The number of rotatable bonds is 37. The molecule has 14 heteroatoms. The molecule has 2 aliphatic heterocycles. The Bertz CT molecular complexity index is 1380. The van der Waals surface area contributed by atoms with Crippen LogP contribution < -0.4 is 5.32 Å². The number of hydrogen-bond acceptors (Lipinski definition) is 13. The topological polar surface area (TPSA) is 228 Å². The van der Waals surface area contributed by atoms with Crippen LogP contribution in [0.25, 0.3) is 0 Å². The predicted molar refractivity (Wildman–Crippen MR) is 258 cm³/mol. The number of aliphatic hydroxyl groups is 8. The van der Waals surface area contributed by atoms with Crippen LogP contribution in [0, 0.1) is 0 Å². The molecule has 0 aliphatic carbocycles. The maximum absolute atomic E-state index is 13.1. The van der Waals surface area contributed by atoms with Crippen LogP contribution in [0.5, 0.6) is 0 Å². The van der Waals surface area contributed by atoms with E-state index in [0.717, 1.165) is 109 Å². The third-order valence-electron chi connectivity index (χ3n) is 11.9. The standard InChI is InChI=1S/C52H89NO13/c1-3-5-7-9-11-12-13-14-15-16-17-18-19-20-21-22-23-24-25-26-27-28-30-32-34-36-44(57)53-40(41(56)35-33-31-29-10-8-6-4-2)39-63-51-49(62)47(60)50(43(38-55)65-51)66-52-48(61)46(59)45(58)42(37-54)64-52/h5,7,11-12,14-15,17-18,20-21,23-24,40-43,45-52,54-56,58-62H,3-4,6,8-10,13,16,19,22,25-39H2,1-2H3,(H,53,57)/b7-5-,12-11-,15-14-,18-17-,21-20-,24-23-. The van der Waals surface area contributed by atoms with Gasteiger partial charge < -0.3 is 65.1 Å². The first-order valence-electron chi connectivity index (χ1n) is 25.2. The first-order chi connectivity index (χ1) is 32.1. The number of unbranched alkanes of at least 4 members (excludes halogenated alkanes) is 12. The van der Waals surface area contributed by atoms with E-state index in [1.165, 1.54) is 12.8 Å². The van der Waals surface area contributed by atoms with E-state index in [4.69, 9.17) is 18.9 Å². The molecule has 14 nitrogen and oxygen atoms in total. The maximum Gasteiger partial charge on any atom is 0.220 e. The summed E-state index contributed by atoms with van der Waals surface area (Å²) in [7, 11) is 0. The summed E-state index contributed by atoms with van der Waals surface area (Å²) in [6, 6.07) is -0.838. The van der Waals surface area contributed by atoms with E-state index < -0.39 is 86.8 Å². The molecule has 66 heavy (non-hydrogen) atoms. The van der Waals surface area contributed by atoms with Crippen molar-refractivity contribution in [3.05, 3.63) is 72.9 Å². The van der Waals surface area contributed by atoms with Crippen molar-refractivity contribution in [1.82, 2.24) is 5.32 Å². The molecule has 2 saturated heterocycles. The van der Waals surface area contributed by atoms with Gasteiger partial charge in [0.1, 0.15) is 48.8 Å². The lowest BCUT2D eigenvalue weighted by Gasteiger charge is -2.46. The van der Waals surface area contributed by atoms with Crippen molar-refractivity contribution in [2.45, 2.75) is 229 Å². The number of ether oxygens (including phenoxy) is 4. The van der Waals surface area contributed by atoms with Gasteiger partial charge in [0.2, 0.25) is 5.91 Å². The summed E-state index contributed by atoms with van der Waals surface area (Å²) >= 11 is 0. The van der Waals surface area contributed by atoms with Gasteiger partial charge in [0.05, 0.1) is 32.0 Å². The highest BCUT2D eigenvalue weighted by Crippen LogP contribution is 2.30. The lowest BCUT2D eigenvalue weighted by atomic mass is 9.97. The highest BCUT2D eigenvalue weighted by Gasteiger charge is 2.51. The zero-order valence-corrected chi connectivity index (χ0v) is 40.2. The first kappa shape index (κ1) is 59.6. The molecule has 0 saturated carbocycles. The van der Waals surface area contributed by atoms with E-state index in [-0.39, 0.29) is 18.9 Å². The summed E-state index contributed by atoms with van der Waals surface area (Å²) in [5, 5.41) is 86.5. The summed E-state index contributed by atoms with van der Waals surface area (Å²) in [4.78, 5) is 13.1. The van der Waals surface area contributed by atoms with E-state index in [0.29, 0.717) is 12.8 Å². The molecule has 0 spiro atoms. The molecule has 0 aromatic carbocycles. The zero-order valence-electron chi connectivity index (χ0n) is 40.2. The van der Waals surface area contributed by atoms with Gasteiger partial charge in [-0.25, -0.2) is 0 Å². The molecule has 9 N–H and O–H groups in total. The molecule has 0 aromatic rings. The highest BCUT2D eigenvalue weighted by molar-refractivity contribution is 5.76. The normalized spacial score (nSPS) is 27.4. The minimum atomic E-state index is -1.78. The Morgan fingerprint density at radius 2 is 1.05 bits per heavy atom. The monoisotopic (exact) mass is 936 g/mol. The fraction of sp³-hybridized carbons (Fsp3) is 0.750. The second-order valence-electron chi connectivity index (χ2n) is 17.6. The molecule has 12 atom stereocenters. The quantitative estimate of drug-likeness (QED) is 0.0242. The van der Waals surface area contributed by atoms with Crippen molar-refractivity contribution in [1.29, 1.82) is 0 Å². The fourth-order valence-corrected chi connectivity index (χ4v) is 7.83. The number of aliphatic hydroxyl groups excluding tert-OH is 8. The van der Waals surface area contributed by atoms with Crippen LogP contribution in [0.3, 0.4) is 0 Å². The van der Waals surface area contributed by atoms with Crippen molar-refractivity contribution in [3.63, 3.8) is 0 Å². The smallest absolute Gasteiger partial charge is 0.220 e. The molecule has 12 unspecified atom stereocenters. The van der Waals surface area contributed by atoms with E-state index in [2.05, 4.69) is 92.1 Å². The first-order valence-corrected chi connectivity index (χ1v) is 25.2. The van der Waals surface area contributed by atoms with E-state index in [9.17, 15) is 45.6 Å². The Morgan fingerprint density at radius 1 is 0.561 bits per heavy atom. The van der Waals surface area contributed by atoms with Crippen LogP contribution in [0.15, 0.2) is 72.9 Å². The van der Waals surface area contributed by atoms with Crippen LogP contribution in [-0.2, 0) is 23.7 Å². The molecule has 0 bridgehead atoms. The van der Waals surface area contributed by atoms with Gasteiger partial charge >= 0.3 is 0 Å². The molecular formula is C52H89NO13. The Morgan fingerprint density at radius 3 is 1.61 bits per heavy atom. The number of carbonyl (C=O) groups is 1. The van der Waals surface area contributed by atoms with Gasteiger partial charge in [0, 0.05) is 6.42 Å². The summed E-state index contributed by atoms with van der Waals surface area (Å²) in [5.74, 6) is -0.230. The van der Waals surface area contributed by atoms with Crippen LogP contribution in [-0.4, -0.2) is 140 Å². The van der Waals surface area contributed by atoms with Crippen molar-refractivity contribution in [3.8, 4) is 0 Å². The number of nitrogens with one attached hydrogen (secondary N) is 1. The van der Waals surface area contributed by atoms with Crippen LogP contribution >= 0.6 is 0 Å². The zero-order chi connectivity index (χ0) is 48.2. The van der Waals surface area contributed by atoms with E-state index >= 15 is 0 Å². The predicted octanol–water partition coefficient (Wildman–Crippen LogP) is 6.43. The number of amides is 1. The molecule has 380 valence electrons. The molecule has 2 heterocycles. The summed E-state index contributed by atoms with van der Waals surface area (Å²) < 4.78 is 22.6. The van der Waals surface area contributed by atoms with Gasteiger partial charge in [0.25, 0.3) is 0 Å². The maximum atomic E-state index is 13.1. The lowest BCUT2D eigenvalue weighted by Crippen LogP contribution is -2.65. The summed E-state index contributed by atoms with van der Waals surface area (Å²) in [6.07, 6.45) is 30.8. The Hall–Kier alpha value is -2.57. The van der Waals surface area contributed by atoms with Gasteiger partial charge in [0.15, 0.2) is 12.6 Å². The number of allylic oxidation sites excluding steroid dienone is 12. The lowest BCUT2D eigenvalue weighted by molar-refractivity contribution is -0.359. The molecule has 2 rings (SSSR count). The average molecular weight is 936 g/mol. The largest absolute Gasteiger partial charge is 0.394 e. The SMILES string of the molecule is CC/C=C\C/C=C\C/C=C\C/C=C\C/C=C\C/C=C\CCCCCCCCC(=O)NC(COC1OC(CO)C(OC2OC(CO)C(O)C(O)C2O)C(O)C1O)C(O)CCCCCCCCC. The molecule has 2 fully saturated rings. The van der Waals surface area contributed by atoms with Crippen molar-refractivity contribution >= 4 is 5.91 Å². The minimum Gasteiger partial charge on any atom is -0.394 e. The number of hydrogen-bond donors (Lipinski definition) is 9. The Balaban J connectivity index is 1.73. The van der Waals surface area contributed by atoms with Gasteiger partial charge in [-0.3, -0.25) is 4.79 Å². The Kier molecular flexibility index (Phi) is 34.6. The van der Waals surface area contributed by atoms with E-state index in [1.807, 2.05) is 0 Å². The molecular weight excluding hydrogens is 847 g/mol. The van der Waals surface area contributed by atoms with Crippen molar-refractivity contribution in [2.75, 3.05) is 19.8 Å². The molecule has 1 amide bonds. The van der Waals surface area contributed by atoms with Crippen LogP contribution in [0.4, 0.5) is 0 Å². The van der Waals surface area contributed by atoms with Crippen molar-refractivity contribution < 1.29 is 64.6 Å². The second kappa shape index (κ2) is 38.3. The van der Waals surface area contributed by atoms with Gasteiger partial charge in [-0.15, -0.1) is 0 Å². The summed E-state index contributed by atoms with van der Waals surface area (Å²) in [6.45, 7) is 2.64. The number of carbonyl (C=O) groups excluding carboxylic acids is 1. The van der Waals surface area contributed by atoms with Crippen molar-refractivity contribution in [2.24, 2.45) is 0 Å². The summed E-state index contributed by atoms with van der Waals surface area (Å²) in [5.41, 5.74) is 0.